The van der Waals surface area contributed by atoms with E-state index < -0.39 is 8.07 Å². The summed E-state index contributed by atoms with van der Waals surface area (Å²) in [7, 11) is -2.98. The van der Waals surface area contributed by atoms with Gasteiger partial charge in [0.2, 0.25) is 6.71 Å². The van der Waals surface area contributed by atoms with Crippen molar-refractivity contribution in [1.29, 1.82) is 0 Å². The average Bonchev–Trinajstić information content (AvgIpc) is 3.50. The fourth-order valence-electron chi connectivity index (χ4n) is 12.7. The fourth-order valence-corrected chi connectivity index (χ4v) is 17.5. The zero-order valence-corrected chi connectivity index (χ0v) is 42.4. The van der Waals surface area contributed by atoms with Crippen molar-refractivity contribution in [2.24, 2.45) is 0 Å². The van der Waals surface area contributed by atoms with Crippen molar-refractivity contribution in [2.75, 3.05) is 4.90 Å². The van der Waals surface area contributed by atoms with Gasteiger partial charge in [0.15, 0.2) is 25.5 Å². The summed E-state index contributed by atoms with van der Waals surface area (Å²) < 4.78 is 6.90. The Bertz CT molecular complexity index is 3810. The Morgan fingerprint density at radius 1 is 0.365 bits per heavy atom. The second kappa shape index (κ2) is 17.4. The van der Waals surface area contributed by atoms with E-state index in [1.54, 1.807) is 0 Å². The van der Waals surface area contributed by atoms with Crippen LogP contribution in [0.5, 0.6) is 11.5 Å². The SMILES string of the molecule is Cc1cc(C)c(B2c3cc([Si](c4ccccc4)(c4ccccc4)c4ccccc4)ccc3N3c4cccc5c4B(c4ccccc4O5)c4cc(-c5nc(-c6ccccc6)nc(-c6ccccc6)n5)cc2c43)c(C)c1. The largest absolute Gasteiger partial charge is 0.458 e. The second-order valence-corrected chi connectivity index (χ2v) is 23.8. The molecule has 0 saturated carbocycles. The van der Waals surface area contributed by atoms with Gasteiger partial charge in [-0.25, -0.2) is 15.0 Å². The predicted molar refractivity (Wildman–Crippen MR) is 311 cm³/mol. The number of rotatable bonds is 8. The Kier molecular flexibility index (Phi) is 10.3. The van der Waals surface area contributed by atoms with Gasteiger partial charge < -0.3 is 9.64 Å². The summed E-state index contributed by atoms with van der Waals surface area (Å²) >= 11 is 0. The molecule has 14 rings (SSSR count). The van der Waals surface area contributed by atoms with E-state index in [9.17, 15) is 0 Å². The van der Waals surface area contributed by atoms with Crippen LogP contribution in [0, 0.1) is 20.8 Å². The molecule has 10 aromatic carbocycles. The lowest BCUT2D eigenvalue weighted by molar-refractivity contribution is 0.487. The van der Waals surface area contributed by atoms with Gasteiger partial charge in [-0.15, -0.1) is 0 Å². The summed E-state index contributed by atoms with van der Waals surface area (Å²) in [6.07, 6.45) is 0. The molecule has 0 unspecified atom stereocenters. The van der Waals surface area contributed by atoms with Crippen molar-refractivity contribution in [3.63, 3.8) is 0 Å². The van der Waals surface area contributed by atoms with Crippen molar-refractivity contribution < 1.29 is 4.74 Å². The summed E-state index contributed by atoms with van der Waals surface area (Å²) in [6.45, 7) is 6.52. The predicted octanol–water partition coefficient (Wildman–Crippen LogP) is 8.41. The summed E-state index contributed by atoms with van der Waals surface area (Å²) in [5.41, 5.74) is 17.4. The number of anilines is 3. The Hall–Kier alpha value is -8.84. The highest BCUT2D eigenvalue weighted by Crippen LogP contribution is 2.42. The molecule has 3 aliphatic heterocycles. The Labute approximate surface area is 434 Å². The Balaban J connectivity index is 1.12. The third-order valence-electron chi connectivity index (χ3n) is 15.7. The molecule has 0 N–H and O–H groups in total. The van der Waals surface area contributed by atoms with Gasteiger partial charge in [0.25, 0.3) is 6.71 Å². The summed E-state index contributed by atoms with van der Waals surface area (Å²) in [5.74, 6) is 3.64. The van der Waals surface area contributed by atoms with Crippen LogP contribution >= 0.6 is 0 Å². The van der Waals surface area contributed by atoms with Crippen molar-refractivity contribution in [3.8, 4) is 45.7 Å². The molecule has 0 spiro atoms. The third kappa shape index (κ3) is 6.82. The average molecular weight is 963 g/mol. The number of hydrogen-bond acceptors (Lipinski definition) is 5. The summed E-state index contributed by atoms with van der Waals surface area (Å²) in [4.78, 5) is 18.5. The monoisotopic (exact) mass is 962 g/mol. The zero-order chi connectivity index (χ0) is 49.5. The molecule has 74 heavy (non-hydrogen) atoms. The number of nitrogens with zero attached hydrogens (tertiary/aromatic N) is 4. The van der Waals surface area contributed by atoms with E-state index in [1.165, 1.54) is 70.7 Å². The fraction of sp³-hybridized carbons (Fsp3) is 0.0455. The molecular formula is C66H48B2N4OSi. The first-order valence-corrected chi connectivity index (χ1v) is 27.6. The van der Waals surface area contributed by atoms with Gasteiger partial charge in [-0.3, -0.25) is 0 Å². The lowest BCUT2D eigenvalue weighted by Gasteiger charge is -2.46. The van der Waals surface area contributed by atoms with Crippen LogP contribution in [0.2, 0.25) is 0 Å². The number of benzene rings is 10. The second-order valence-electron chi connectivity index (χ2n) is 20.0. The quantitative estimate of drug-likeness (QED) is 0.113. The molecule has 8 heteroatoms. The molecular weight excluding hydrogens is 914 g/mol. The lowest BCUT2D eigenvalue weighted by atomic mass is 9.29. The number of hydrogen-bond donors (Lipinski definition) is 0. The van der Waals surface area contributed by atoms with Crippen LogP contribution in [0.3, 0.4) is 0 Å². The summed E-state index contributed by atoms with van der Waals surface area (Å²) in [6, 6.07) is 86.5. The molecule has 4 heterocycles. The number of fused-ring (bicyclic) bond motifs is 6. The van der Waals surface area contributed by atoms with Crippen LogP contribution in [0.25, 0.3) is 34.2 Å². The maximum atomic E-state index is 6.90. The van der Waals surface area contributed by atoms with Gasteiger partial charge >= 0.3 is 0 Å². The maximum Gasteiger partial charge on any atom is 0.256 e. The minimum Gasteiger partial charge on any atom is -0.458 e. The molecule has 3 aliphatic rings. The molecule has 0 saturated heterocycles. The van der Waals surface area contributed by atoms with Crippen LogP contribution in [-0.4, -0.2) is 36.5 Å². The van der Waals surface area contributed by atoms with E-state index in [0.29, 0.717) is 17.5 Å². The van der Waals surface area contributed by atoms with Crippen LogP contribution in [0.1, 0.15) is 16.7 Å². The van der Waals surface area contributed by atoms with E-state index in [4.69, 9.17) is 19.7 Å². The highest BCUT2D eigenvalue weighted by atomic mass is 28.3. The highest BCUT2D eigenvalue weighted by molar-refractivity contribution is 7.20. The maximum absolute atomic E-state index is 6.90. The van der Waals surface area contributed by atoms with E-state index in [2.05, 4.69) is 226 Å². The number of aromatic nitrogens is 3. The molecule has 0 bridgehead atoms. The van der Waals surface area contributed by atoms with E-state index >= 15 is 0 Å². The first-order valence-electron chi connectivity index (χ1n) is 25.6. The molecule has 1 aromatic heterocycles. The van der Waals surface area contributed by atoms with Gasteiger partial charge in [0.05, 0.1) is 0 Å². The van der Waals surface area contributed by atoms with Crippen LogP contribution < -0.4 is 63.2 Å². The van der Waals surface area contributed by atoms with Gasteiger partial charge in [0.1, 0.15) is 11.5 Å². The van der Waals surface area contributed by atoms with Gasteiger partial charge in [-0.05, 0) is 93.1 Å². The normalized spacial score (nSPS) is 12.8. The zero-order valence-electron chi connectivity index (χ0n) is 41.4. The molecule has 0 radical (unpaired) electrons. The number of ether oxygens (including phenoxy) is 1. The van der Waals surface area contributed by atoms with Gasteiger partial charge in [0, 0.05) is 33.8 Å². The standard InChI is InChI=1S/C66H48B2N4OSi/c1-43-38-44(2)61(45(3)39-43)68-54-42-52(74(49-26-13-6-14-27-49,50-28-15-7-16-29-50)51-30-17-8-18-31-51)36-37-57(54)72-58-33-21-35-60-62(58)67(53-32-19-20-34-59(53)73-60)55-40-48(41-56(68)63(55)72)66-70-64(46-22-9-4-10-23-46)69-65(71-66)47-24-11-5-12-25-47/h4-42H,1-3H3. The van der Waals surface area contributed by atoms with E-state index in [-0.39, 0.29) is 13.4 Å². The lowest BCUT2D eigenvalue weighted by Crippen LogP contribution is -2.75. The van der Waals surface area contributed by atoms with E-state index in [1.807, 2.05) is 36.4 Å². The molecule has 5 nitrogen and oxygen atoms in total. The minimum atomic E-state index is -2.98. The number of aryl methyl sites for hydroxylation is 3. The van der Waals surface area contributed by atoms with Crippen LogP contribution in [0.15, 0.2) is 237 Å². The first kappa shape index (κ1) is 43.9. The van der Waals surface area contributed by atoms with Crippen molar-refractivity contribution in [1.82, 2.24) is 15.0 Å². The minimum absolute atomic E-state index is 0.129. The molecule has 0 amide bonds. The van der Waals surface area contributed by atoms with Crippen molar-refractivity contribution in [3.05, 3.63) is 253 Å². The third-order valence-corrected chi connectivity index (χ3v) is 20.4. The summed E-state index contributed by atoms with van der Waals surface area (Å²) in [5, 5.41) is 5.34. The molecule has 0 fully saturated rings. The highest BCUT2D eigenvalue weighted by Gasteiger charge is 2.49. The first-order chi connectivity index (χ1) is 36.4. The smallest absolute Gasteiger partial charge is 0.256 e. The van der Waals surface area contributed by atoms with E-state index in [0.717, 1.165) is 44.8 Å². The topological polar surface area (TPSA) is 51.1 Å². The molecule has 11 aromatic rings. The Morgan fingerprint density at radius 3 is 1.39 bits per heavy atom. The number of para-hydroxylation sites is 1. The van der Waals surface area contributed by atoms with Crippen molar-refractivity contribution >= 4 is 92.1 Å². The molecule has 0 aliphatic carbocycles. The Morgan fingerprint density at radius 2 is 0.838 bits per heavy atom. The van der Waals surface area contributed by atoms with Crippen LogP contribution in [-0.2, 0) is 0 Å². The van der Waals surface area contributed by atoms with Gasteiger partial charge in [-0.2, -0.15) is 0 Å². The molecule has 0 atom stereocenters. The van der Waals surface area contributed by atoms with Crippen molar-refractivity contribution in [2.45, 2.75) is 20.8 Å². The van der Waals surface area contributed by atoms with Crippen LogP contribution in [0.4, 0.5) is 17.1 Å². The van der Waals surface area contributed by atoms with Gasteiger partial charge in [-0.1, -0.05) is 234 Å². The molecule has 348 valence electrons.